The highest BCUT2D eigenvalue weighted by molar-refractivity contribution is 5.73. The van der Waals surface area contributed by atoms with E-state index in [-0.39, 0.29) is 6.04 Å². The quantitative estimate of drug-likeness (QED) is 0.743. The smallest absolute Gasteiger partial charge is 0.320 e. The van der Waals surface area contributed by atoms with Crippen molar-refractivity contribution in [3.8, 4) is 0 Å². The third kappa shape index (κ3) is 5.94. The lowest BCUT2D eigenvalue weighted by Gasteiger charge is -2.31. The molecular weight excluding hydrogens is 238 g/mol. The van der Waals surface area contributed by atoms with Gasteiger partial charge in [-0.25, -0.2) is 0 Å². The molecule has 0 aromatic rings. The summed E-state index contributed by atoms with van der Waals surface area (Å²) >= 11 is 0. The maximum absolute atomic E-state index is 11.2. The van der Waals surface area contributed by atoms with Crippen molar-refractivity contribution >= 4 is 5.97 Å². The van der Waals surface area contributed by atoms with Crippen molar-refractivity contribution in [3.05, 3.63) is 0 Å². The van der Waals surface area contributed by atoms with Crippen LogP contribution in [0.1, 0.15) is 59.8 Å². The van der Waals surface area contributed by atoms with Crippen LogP contribution in [0.25, 0.3) is 0 Å². The molecule has 1 rings (SSSR count). The van der Waals surface area contributed by atoms with E-state index in [1.807, 2.05) is 0 Å². The highest BCUT2D eigenvalue weighted by Gasteiger charge is 2.25. The molecule has 0 amide bonds. The van der Waals surface area contributed by atoms with Crippen LogP contribution in [0.4, 0.5) is 0 Å². The van der Waals surface area contributed by atoms with Gasteiger partial charge in [0.25, 0.3) is 0 Å². The Kier molecular flexibility index (Phi) is 6.84. The molecule has 1 aliphatic rings. The van der Waals surface area contributed by atoms with Gasteiger partial charge >= 0.3 is 5.97 Å². The maximum atomic E-state index is 11.2. The number of hydrogen-bond donors (Lipinski definition) is 2. The predicted octanol–water partition coefficient (Wildman–Crippen LogP) is 3.54. The van der Waals surface area contributed by atoms with Gasteiger partial charge in [-0.15, -0.1) is 0 Å². The molecule has 2 N–H and O–H groups in total. The average Bonchev–Trinajstić information content (AvgIpc) is 2.34. The molecule has 0 aliphatic heterocycles. The normalized spacial score (nSPS) is 25.8. The van der Waals surface area contributed by atoms with Crippen LogP contribution in [0.5, 0.6) is 0 Å². The van der Waals surface area contributed by atoms with Crippen LogP contribution < -0.4 is 5.32 Å². The van der Waals surface area contributed by atoms with Crippen LogP contribution in [-0.2, 0) is 4.79 Å². The summed E-state index contributed by atoms with van der Waals surface area (Å²) in [6.07, 6.45) is 5.85. The zero-order valence-corrected chi connectivity index (χ0v) is 13.0. The summed E-state index contributed by atoms with van der Waals surface area (Å²) in [7, 11) is 0. The predicted molar refractivity (Wildman–Crippen MR) is 79.2 cm³/mol. The average molecular weight is 269 g/mol. The van der Waals surface area contributed by atoms with Crippen molar-refractivity contribution in [1.82, 2.24) is 5.32 Å². The molecule has 3 heteroatoms. The van der Waals surface area contributed by atoms with Crippen LogP contribution in [-0.4, -0.2) is 23.7 Å². The largest absolute Gasteiger partial charge is 0.480 e. The van der Waals surface area contributed by atoms with E-state index in [1.165, 1.54) is 25.7 Å². The van der Waals surface area contributed by atoms with E-state index in [9.17, 15) is 9.90 Å². The number of aliphatic carboxylic acids is 1. The minimum Gasteiger partial charge on any atom is -0.480 e. The summed E-state index contributed by atoms with van der Waals surface area (Å²) in [4.78, 5) is 11.2. The molecule has 0 aromatic carbocycles. The topological polar surface area (TPSA) is 49.3 Å². The van der Waals surface area contributed by atoms with Crippen molar-refractivity contribution in [1.29, 1.82) is 0 Å². The van der Waals surface area contributed by atoms with Crippen LogP contribution in [0.3, 0.4) is 0 Å². The SMILES string of the molecule is CC(C)CC(NCC1CCC(C(C)C)CC1)C(=O)O. The van der Waals surface area contributed by atoms with Crippen LogP contribution in [0, 0.1) is 23.7 Å². The fourth-order valence-electron chi connectivity index (χ4n) is 3.11. The summed E-state index contributed by atoms with van der Waals surface area (Å²) in [6, 6.07) is -0.372. The highest BCUT2D eigenvalue weighted by atomic mass is 16.4. The lowest BCUT2D eigenvalue weighted by atomic mass is 9.77. The van der Waals surface area contributed by atoms with E-state index in [4.69, 9.17) is 0 Å². The maximum Gasteiger partial charge on any atom is 0.320 e. The molecular formula is C16H31NO2. The molecule has 1 atom stereocenters. The van der Waals surface area contributed by atoms with Crippen molar-refractivity contribution in [2.75, 3.05) is 6.54 Å². The fraction of sp³-hybridized carbons (Fsp3) is 0.938. The van der Waals surface area contributed by atoms with E-state index in [1.54, 1.807) is 0 Å². The van der Waals surface area contributed by atoms with Gasteiger partial charge in [0.1, 0.15) is 6.04 Å². The van der Waals surface area contributed by atoms with Crippen LogP contribution >= 0.6 is 0 Å². The van der Waals surface area contributed by atoms with Crippen molar-refractivity contribution in [2.45, 2.75) is 65.8 Å². The standard InChI is InChI=1S/C16H31NO2/c1-11(2)9-15(16(18)19)17-10-13-5-7-14(8-6-13)12(3)4/h11-15,17H,5-10H2,1-4H3,(H,18,19). The second kappa shape index (κ2) is 7.88. The van der Waals surface area contributed by atoms with E-state index in [0.717, 1.165) is 24.8 Å². The molecule has 0 spiro atoms. The van der Waals surface area contributed by atoms with Gasteiger partial charge in [0.05, 0.1) is 0 Å². The van der Waals surface area contributed by atoms with E-state index in [2.05, 4.69) is 33.0 Å². The number of carbonyl (C=O) groups is 1. The summed E-state index contributed by atoms with van der Waals surface area (Å²) < 4.78 is 0. The number of carboxylic acids is 1. The Morgan fingerprint density at radius 1 is 1.16 bits per heavy atom. The summed E-state index contributed by atoms with van der Waals surface area (Å²) in [5, 5.41) is 12.5. The number of carboxylic acid groups (broad SMARTS) is 1. The zero-order chi connectivity index (χ0) is 14.4. The minimum absolute atomic E-state index is 0.372. The third-order valence-corrected chi connectivity index (χ3v) is 4.49. The first kappa shape index (κ1) is 16.5. The van der Waals surface area contributed by atoms with E-state index >= 15 is 0 Å². The van der Waals surface area contributed by atoms with Gasteiger partial charge < -0.3 is 10.4 Å². The molecule has 1 fully saturated rings. The highest BCUT2D eigenvalue weighted by Crippen LogP contribution is 2.32. The molecule has 0 aromatic heterocycles. The Morgan fingerprint density at radius 3 is 2.16 bits per heavy atom. The van der Waals surface area contributed by atoms with Crippen LogP contribution in [0.2, 0.25) is 0 Å². The molecule has 0 heterocycles. The minimum atomic E-state index is -0.704. The number of nitrogens with one attached hydrogen (secondary N) is 1. The lowest BCUT2D eigenvalue weighted by molar-refractivity contribution is -0.140. The molecule has 1 saturated carbocycles. The Hall–Kier alpha value is -0.570. The fourth-order valence-corrected chi connectivity index (χ4v) is 3.11. The van der Waals surface area contributed by atoms with Gasteiger partial charge in [-0.3, -0.25) is 4.79 Å². The molecule has 1 aliphatic carbocycles. The first-order valence-corrected chi connectivity index (χ1v) is 7.86. The Balaban J connectivity index is 2.30. The molecule has 0 bridgehead atoms. The first-order valence-electron chi connectivity index (χ1n) is 7.86. The number of hydrogen-bond acceptors (Lipinski definition) is 2. The van der Waals surface area contributed by atoms with Gasteiger partial charge in [0, 0.05) is 0 Å². The van der Waals surface area contributed by atoms with Gasteiger partial charge in [0.2, 0.25) is 0 Å². The van der Waals surface area contributed by atoms with Crippen molar-refractivity contribution in [3.63, 3.8) is 0 Å². The van der Waals surface area contributed by atoms with Crippen molar-refractivity contribution in [2.24, 2.45) is 23.7 Å². The third-order valence-electron chi connectivity index (χ3n) is 4.49. The first-order chi connectivity index (χ1) is 8.90. The zero-order valence-electron chi connectivity index (χ0n) is 13.0. The summed E-state index contributed by atoms with van der Waals surface area (Å²) in [5.74, 6) is 2.06. The molecule has 19 heavy (non-hydrogen) atoms. The number of rotatable bonds is 7. The van der Waals surface area contributed by atoms with Crippen LogP contribution in [0.15, 0.2) is 0 Å². The van der Waals surface area contributed by atoms with Gasteiger partial charge in [-0.05, 0) is 62.3 Å². The van der Waals surface area contributed by atoms with Gasteiger partial charge in [-0.2, -0.15) is 0 Å². The second-order valence-corrected chi connectivity index (χ2v) is 6.95. The summed E-state index contributed by atoms with van der Waals surface area (Å²) in [6.45, 7) is 9.64. The van der Waals surface area contributed by atoms with Crippen molar-refractivity contribution < 1.29 is 9.90 Å². The molecule has 3 nitrogen and oxygen atoms in total. The second-order valence-electron chi connectivity index (χ2n) is 6.95. The van der Waals surface area contributed by atoms with Gasteiger partial charge in [0.15, 0.2) is 0 Å². The Labute approximate surface area is 118 Å². The van der Waals surface area contributed by atoms with E-state index in [0.29, 0.717) is 11.8 Å². The Bertz CT molecular complexity index is 268. The monoisotopic (exact) mass is 269 g/mol. The summed E-state index contributed by atoms with van der Waals surface area (Å²) in [5.41, 5.74) is 0. The molecule has 1 unspecified atom stereocenters. The molecule has 0 radical (unpaired) electrons. The Morgan fingerprint density at radius 2 is 1.74 bits per heavy atom. The molecule has 0 saturated heterocycles. The van der Waals surface area contributed by atoms with E-state index < -0.39 is 5.97 Å². The lowest BCUT2D eigenvalue weighted by Crippen LogP contribution is -2.41. The van der Waals surface area contributed by atoms with Gasteiger partial charge in [-0.1, -0.05) is 27.7 Å². The molecule has 112 valence electrons.